The Kier molecular flexibility index (Phi) is 5.04. The molecular formula is C15H14FN3OS. The maximum absolute atomic E-state index is 12.8. The van der Waals surface area contributed by atoms with Crippen LogP contribution in [-0.4, -0.2) is 29.4 Å². The summed E-state index contributed by atoms with van der Waals surface area (Å²) in [5.41, 5.74) is 6.53. The first kappa shape index (κ1) is 15.2. The zero-order chi connectivity index (χ0) is 15.2. The third-order valence-electron chi connectivity index (χ3n) is 2.68. The first-order valence-corrected chi connectivity index (χ1v) is 7.11. The van der Waals surface area contributed by atoms with Gasteiger partial charge in [-0.3, -0.25) is 4.79 Å². The van der Waals surface area contributed by atoms with Crippen LogP contribution in [-0.2, 0) is 6.54 Å². The highest BCUT2D eigenvalue weighted by Gasteiger charge is 2.14. The molecule has 0 saturated heterocycles. The van der Waals surface area contributed by atoms with E-state index in [1.54, 1.807) is 7.05 Å². The zero-order valence-electron chi connectivity index (χ0n) is 11.5. The molecule has 108 valence electrons. The molecule has 4 nitrogen and oxygen atoms in total. The van der Waals surface area contributed by atoms with Crippen molar-refractivity contribution in [1.82, 2.24) is 9.88 Å². The van der Waals surface area contributed by atoms with E-state index >= 15 is 0 Å². The molecule has 0 saturated carbocycles. The lowest BCUT2D eigenvalue weighted by atomic mass is 10.2. The molecule has 2 rings (SSSR count). The number of halogens is 1. The van der Waals surface area contributed by atoms with Crippen molar-refractivity contribution in [3.63, 3.8) is 0 Å². The van der Waals surface area contributed by atoms with Gasteiger partial charge in [0.2, 0.25) is 0 Å². The molecule has 0 aromatic carbocycles. The maximum Gasteiger partial charge on any atom is 0.272 e. The van der Waals surface area contributed by atoms with Crippen LogP contribution in [0.3, 0.4) is 0 Å². The molecular weight excluding hydrogens is 289 g/mol. The summed E-state index contributed by atoms with van der Waals surface area (Å²) < 4.78 is 12.8. The van der Waals surface area contributed by atoms with Crippen molar-refractivity contribution in [2.75, 3.05) is 13.6 Å². The number of hydrogen-bond donors (Lipinski definition) is 1. The molecule has 6 heteroatoms. The van der Waals surface area contributed by atoms with Gasteiger partial charge in [-0.2, -0.15) is 0 Å². The second-order valence-corrected chi connectivity index (χ2v) is 5.26. The summed E-state index contributed by atoms with van der Waals surface area (Å²) in [6.07, 6.45) is 1.03. The van der Waals surface area contributed by atoms with E-state index in [-0.39, 0.29) is 11.6 Å². The molecule has 0 atom stereocenters. The third-order valence-corrected chi connectivity index (χ3v) is 3.57. The molecule has 1 amide bonds. The smallest absolute Gasteiger partial charge is 0.272 e. The molecule has 2 aromatic heterocycles. The molecule has 0 aliphatic heterocycles. The van der Waals surface area contributed by atoms with E-state index in [0.717, 1.165) is 16.6 Å². The van der Waals surface area contributed by atoms with E-state index in [1.165, 1.54) is 28.4 Å². The predicted molar refractivity (Wildman–Crippen MR) is 80.2 cm³/mol. The normalized spacial score (nSPS) is 9.86. The number of aromatic nitrogens is 1. The fourth-order valence-electron chi connectivity index (χ4n) is 1.71. The molecule has 0 fully saturated rings. The number of carbonyl (C=O) groups is 1. The minimum atomic E-state index is -0.463. The van der Waals surface area contributed by atoms with E-state index in [0.29, 0.717) is 13.1 Å². The van der Waals surface area contributed by atoms with Crippen molar-refractivity contribution in [2.24, 2.45) is 5.73 Å². The Bertz CT molecular complexity index is 685. The van der Waals surface area contributed by atoms with E-state index in [1.807, 2.05) is 11.4 Å². The van der Waals surface area contributed by atoms with Crippen LogP contribution in [0.15, 0.2) is 29.8 Å². The highest BCUT2D eigenvalue weighted by Crippen LogP contribution is 2.15. The molecule has 0 aliphatic carbocycles. The molecule has 0 unspecified atom stereocenters. The molecule has 0 aliphatic rings. The van der Waals surface area contributed by atoms with Crippen LogP contribution in [0, 0.1) is 17.7 Å². The monoisotopic (exact) mass is 303 g/mol. The Morgan fingerprint density at radius 3 is 3.00 bits per heavy atom. The quantitative estimate of drug-likeness (QED) is 0.881. The fourth-order valence-corrected chi connectivity index (χ4v) is 2.48. The Labute approximate surface area is 126 Å². The lowest BCUT2D eigenvalue weighted by Crippen LogP contribution is -2.26. The van der Waals surface area contributed by atoms with Gasteiger partial charge >= 0.3 is 0 Å². The Morgan fingerprint density at radius 1 is 1.52 bits per heavy atom. The maximum atomic E-state index is 12.8. The average molecular weight is 303 g/mol. The summed E-state index contributed by atoms with van der Waals surface area (Å²) in [5.74, 6) is 5.02. The topological polar surface area (TPSA) is 59.2 Å². The number of thiophene rings is 1. The summed E-state index contributed by atoms with van der Waals surface area (Å²) in [6, 6.07) is 4.52. The number of nitrogens with zero attached hydrogens (tertiary/aromatic N) is 2. The molecule has 2 aromatic rings. The van der Waals surface area contributed by atoms with Crippen molar-refractivity contribution in [3.05, 3.63) is 51.7 Å². The van der Waals surface area contributed by atoms with Crippen LogP contribution in [0.25, 0.3) is 0 Å². The number of hydrogen-bond acceptors (Lipinski definition) is 4. The van der Waals surface area contributed by atoms with Gasteiger partial charge in [-0.25, -0.2) is 9.37 Å². The van der Waals surface area contributed by atoms with E-state index < -0.39 is 5.82 Å². The Hall–Kier alpha value is -2.23. The standard InChI is InChI=1S/C15H14FN3OS/c1-19(15(20)14-5-4-12(16)8-18-14)9-11-7-13(21-10-11)3-2-6-17/h4-5,7-8,10H,6,9,17H2,1H3. The van der Waals surface area contributed by atoms with Gasteiger partial charge in [0.1, 0.15) is 11.5 Å². The van der Waals surface area contributed by atoms with E-state index in [2.05, 4.69) is 16.8 Å². The number of nitrogens with two attached hydrogens (primary N) is 1. The summed E-state index contributed by atoms with van der Waals surface area (Å²) in [6.45, 7) is 0.764. The number of amides is 1. The van der Waals surface area contributed by atoms with Crippen molar-refractivity contribution in [3.8, 4) is 11.8 Å². The van der Waals surface area contributed by atoms with Crippen LogP contribution in [0.5, 0.6) is 0 Å². The van der Waals surface area contributed by atoms with Gasteiger partial charge < -0.3 is 10.6 Å². The molecule has 0 radical (unpaired) electrons. The van der Waals surface area contributed by atoms with Crippen molar-refractivity contribution >= 4 is 17.2 Å². The first-order chi connectivity index (χ1) is 10.1. The number of carbonyl (C=O) groups excluding carboxylic acids is 1. The summed E-state index contributed by atoms with van der Waals surface area (Å²) >= 11 is 1.51. The molecule has 2 N–H and O–H groups in total. The van der Waals surface area contributed by atoms with Gasteiger partial charge in [-0.05, 0) is 29.1 Å². The first-order valence-electron chi connectivity index (χ1n) is 6.23. The van der Waals surface area contributed by atoms with Crippen LogP contribution < -0.4 is 5.73 Å². The largest absolute Gasteiger partial charge is 0.336 e. The van der Waals surface area contributed by atoms with Crippen LogP contribution in [0.1, 0.15) is 20.9 Å². The van der Waals surface area contributed by atoms with Crippen LogP contribution >= 0.6 is 11.3 Å². The lowest BCUT2D eigenvalue weighted by molar-refractivity contribution is 0.0779. The summed E-state index contributed by atoms with van der Waals surface area (Å²) in [7, 11) is 1.68. The second-order valence-electron chi connectivity index (χ2n) is 4.35. The minimum Gasteiger partial charge on any atom is -0.336 e. The second kappa shape index (κ2) is 6.97. The molecule has 21 heavy (non-hydrogen) atoms. The van der Waals surface area contributed by atoms with Gasteiger partial charge in [0.25, 0.3) is 5.91 Å². The lowest BCUT2D eigenvalue weighted by Gasteiger charge is -2.15. The SMILES string of the molecule is CN(Cc1csc(C#CCN)c1)C(=O)c1ccc(F)cn1. The highest BCUT2D eigenvalue weighted by atomic mass is 32.1. The van der Waals surface area contributed by atoms with Gasteiger partial charge in [0.05, 0.1) is 17.6 Å². The highest BCUT2D eigenvalue weighted by molar-refractivity contribution is 7.10. The third kappa shape index (κ3) is 4.12. The van der Waals surface area contributed by atoms with Crippen LogP contribution in [0.2, 0.25) is 0 Å². The number of pyridine rings is 1. The van der Waals surface area contributed by atoms with E-state index in [9.17, 15) is 9.18 Å². The molecule has 0 bridgehead atoms. The average Bonchev–Trinajstić information content (AvgIpc) is 2.92. The molecule has 0 spiro atoms. The Balaban J connectivity index is 2.03. The van der Waals surface area contributed by atoms with Crippen LogP contribution in [0.4, 0.5) is 4.39 Å². The van der Waals surface area contributed by atoms with Crippen molar-refractivity contribution in [1.29, 1.82) is 0 Å². The zero-order valence-corrected chi connectivity index (χ0v) is 12.3. The van der Waals surface area contributed by atoms with Crippen molar-refractivity contribution in [2.45, 2.75) is 6.54 Å². The molecule has 2 heterocycles. The van der Waals surface area contributed by atoms with E-state index in [4.69, 9.17) is 5.73 Å². The predicted octanol–water partition coefficient (Wildman–Crippen LogP) is 1.86. The van der Waals surface area contributed by atoms with Gasteiger partial charge in [0.15, 0.2) is 0 Å². The number of rotatable bonds is 3. The van der Waals surface area contributed by atoms with Crippen molar-refractivity contribution < 1.29 is 9.18 Å². The van der Waals surface area contributed by atoms with Gasteiger partial charge in [-0.1, -0.05) is 11.8 Å². The fraction of sp³-hybridized carbons (Fsp3) is 0.200. The summed E-state index contributed by atoms with van der Waals surface area (Å²) in [5, 5.41) is 1.95. The van der Waals surface area contributed by atoms with Gasteiger partial charge in [0, 0.05) is 13.6 Å². The minimum absolute atomic E-state index is 0.220. The summed E-state index contributed by atoms with van der Waals surface area (Å²) in [4.78, 5) is 18.4. The van der Waals surface area contributed by atoms with Gasteiger partial charge in [-0.15, -0.1) is 11.3 Å². The Morgan fingerprint density at radius 2 is 2.33 bits per heavy atom.